The minimum absolute atomic E-state index is 0.143. The Balaban J connectivity index is 1.62. The lowest BCUT2D eigenvalue weighted by atomic mass is 9.93. The maximum Gasteiger partial charge on any atom is 0.329 e. The second-order valence-electron chi connectivity index (χ2n) is 7.77. The molecule has 2 atom stereocenters. The van der Waals surface area contributed by atoms with E-state index >= 15 is 0 Å². The maximum atomic E-state index is 13.1. The average Bonchev–Trinajstić information content (AvgIpc) is 2.96. The van der Waals surface area contributed by atoms with Gasteiger partial charge >= 0.3 is 6.03 Å². The van der Waals surface area contributed by atoms with Crippen LogP contribution in [0.1, 0.15) is 31.4 Å². The SMILES string of the molecule is CC[NH+](Cc1ccccc1)CN1C(=O)N[C@](C)(CCc2ccc(OC)cc2)C1=O. The van der Waals surface area contributed by atoms with Crippen LogP contribution in [0.5, 0.6) is 5.75 Å². The molecule has 0 radical (unpaired) electrons. The molecule has 0 spiro atoms. The molecule has 1 aliphatic rings. The van der Waals surface area contributed by atoms with E-state index in [4.69, 9.17) is 4.74 Å². The summed E-state index contributed by atoms with van der Waals surface area (Å²) in [5.74, 6) is 0.660. The average molecular weight is 397 g/mol. The first-order valence-corrected chi connectivity index (χ1v) is 10.1. The van der Waals surface area contributed by atoms with E-state index in [9.17, 15) is 9.59 Å². The van der Waals surface area contributed by atoms with Gasteiger partial charge in [-0.3, -0.25) is 4.79 Å². The number of quaternary nitrogens is 1. The summed E-state index contributed by atoms with van der Waals surface area (Å²) in [5.41, 5.74) is 1.43. The Hall–Kier alpha value is -2.86. The molecule has 1 aliphatic heterocycles. The van der Waals surface area contributed by atoms with Gasteiger partial charge in [0.05, 0.1) is 13.7 Å². The monoisotopic (exact) mass is 396 g/mol. The lowest BCUT2D eigenvalue weighted by Gasteiger charge is -2.24. The molecule has 154 valence electrons. The number of carbonyl (C=O) groups is 2. The third-order valence-corrected chi connectivity index (χ3v) is 5.60. The van der Waals surface area contributed by atoms with Crippen LogP contribution >= 0.6 is 0 Å². The molecule has 0 saturated carbocycles. The highest BCUT2D eigenvalue weighted by Crippen LogP contribution is 2.23. The van der Waals surface area contributed by atoms with E-state index in [1.807, 2.05) is 49.4 Å². The number of carbonyl (C=O) groups excluding carboxylic acids is 2. The van der Waals surface area contributed by atoms with Gasteiger partial charge in [-0.2, -0.15) is 0 Å². The van der Waals surface area contributed by atoms with E-state index in [1.54, 1.807) is 7.11 Å². The Morgan fingerprint density at radius 2 is 1.72 bits per heavy atom. The van der Waals surface area contributed by atoms with Crippen LogP contribution in [0.25, 0.3) is 0 Å². The summed E-state index contributed by atoms with van der Waals surface area (Å²) in [5, 5.41) is 2.92. The van der Waals surface area contributed by atoms with Gasteiger partial charge in [-0.15, -0.1) is 0 Å². The number of nitrogens with zero attached hydrogens (tertiary/aromatic N) is 1. The number of imide groups is 1. The van der Waals surface area contributed by atoms with E-state index in [1.165, 1.54) is 15.4 Å². The number of rotatable bonds is 9. The zero-order valence-electron chi connectivity index (χ0n) is 17.4. The van der Waals surface area contributed by atoms with Crippen molar-refractivity contribution in [3.8, 4) is 5.75 Å². The number of ether oxygens (including phenoxy) is 1. The summed E-state index contributed by atoms with van der Waals surface area (Å²) in [6.45, 7) is 5.86. The molecule has 0 aliphatic carbocycles. The number of amides is 3. The van der Waals surface area contributed by atoms with E-state index in [0.29, 0.717) is 19.5 Å². The van der Waals surface area contributed by atoms with Crippen LogP contribution in [0.2, 0.25) is 0 Å². The van der Waals surface area contributed by atoms with Crippen LogP contribution in [-0.2, 0) is 17.8 Å². The number of nitrogens with one attached hydrogen (secondary N) is 2. The minimum atomic E-state index is -0.872. The summed E-state index contributed by atoms with van der Waals surface area (Å²) in [7, 11) is 1.64. The summed E-state index contributed by atoms with van der Waals surface area (Å²) in [4.78, 5) is 28.2. The number of hydrogen-bond donors (Lipinski definition) is 2. The van der Waals surface area contributed by atoms with Crippen LogP contribution in [0, 0.1) is 0 Å². The quantitative estimate of drug-likeness (QED) is 0.638. The Labute approximate surface area is 172 Å². The number of methoxy groups -OCH3 is 1. The van der Waals surface area contributed by atoms with Crippen LogP contribution in [-0.4, -0.2) is 42.7 Å². The molecule has 2 aromatic rings. The minimum Gasteiger partial charge on any atom is -0.497 e. The van der Waals surface area contributed by atoms with Crippen molar-refractivity contribution in [1.82, 2.24) is 10.2 Å². The van der Waals surface area contributed by atoms with E-state index in [2.05, 4.69) is 24.4 Å². The van der Waals surface area contributed by atoms with Crippen LogP contribution < -0.4 is 15.0 Å². The maximum absolute atomic E-state index is 13.1. The second kappa shape index (κ2) is 9.09. The Kier molecular flexibility index (Phi) is 6.54. The molecule has 1 saturated heterocycles. The Bertz CT molecular complexity index is 838. The van der Waals surface area contributed by atoms with Gasteiger partial charge < -0.3 is 15.0 Å². The fourth-order valence-electron chi connectivity index (χ4n) is 3.65. The van der Waals surface area contributed by atoms with Crippen LogP contribution in [0.4, 0.5) is 4.79 Å². The van der Waals surface area contributed by atoms with Gasteiger partial charge in [0.2, 0.25) is 0 Å². The highest BCUT2D eigenvalue weighted by molar-refractivity contribution is 6.06. The van der Waals surface area contributed by atoms with Gasteiger partial charge in [0.25, 0.3) is 5.91 Å². The van der Waals surface area contributed by atoms with Gasteiger partial charge in [0.15, 0.2) is 6.67 Å². The lowest BCUT2D eigenvalue weighted by Crippen LogP contribution is -3.12. The largest absolute Gasteiger partial charge is 0.497 e. The molecule has 3 amide bonds. The van der Waals surface area contributed by atoms with Gasteiger partial charge in [0.1, 0.15) is 17.8 Å². The number of benzene rings is 2. The zero-order chi connectivity index (χ0) is 20.9. The van der Waals surface area contributed by atoms with Crippen LogP contribution in [0.15, 0.2) is 54.6 Å². The van der Waals surface area contributed by atoms with Crippen molar-refractivity contribution in [3.63, 3.8) is 0 Å². The molecule has 29 heavy (non-hydrogen) atoms. The summed E-state index contributed by atoms with van der Waals surface area (Å²) < 4.78 is 5.18. The molecule has 6 heteroatoms. The van der Waals surface area contributed by atoms with Gasteiger partial charge in [-0.05, 0) is 44.4 Å². The van der Waals surface area contributed by atoms with Crippen molar-refractivity contribution in [3.05, 3.63) is 65.7 Å². The van der Waals surface area contributed by atoms with Crippen LogP contribution in [0.3, 0.4) is 0 Å². The molecule has 1 fully saturated rings. The number of urea groups is 1. The molecule has 1 heterocycles. The van der Waals surface area contributed by atoms with Gasteiger partial charge in [-0.25, -0.2) is 9.69 Å². The third kappa shape index (κ3) is 4.95. The molecular weight excluding hydrogens is 366 g/mol. The lowest BCUT2D eigenvalue weighted by molar-refractivity contribution is -0.919. The number of hydrogen-bond acceptors (Lipinski definition) is 3. The molecule has 0 bridgehead atoms. The summed E-state index contributed by atoms with van der Waals surface area (Å²) >= 11 is 0. The van der Waals surface area contributed by atoms with Crippen molar-refractivity contribution in [2.75, 3.05) is 20.3 Å². The molecular formula is C23H30N3O3+. The van der Waals surface area contributed by atoms with Crippen molar-refractivity contribution < 1.29 is 19.2 Å². The van der Waals surface area contributed by atoms with Gasteiger partial charge in [0, 0.05) is 5.56 Å². The molecule has 1 unspecified atom stereocenters. The summed E-state index contributed by atoms with van der Waals surface area (Å²) in [6, 6.07) is 17.6. The molecule has 2 N–H and O–H groups in total. The topological polar surface area (TPSA) is 63.1 Å². The Morgan fingerprint density at radius 3 is 2.34 bits per heavy atom. The molecule has 6 nitrogen and oxygen atoms in total. The summed E-state index contributed by atoms with van der Waals surface area (Å²) in [6.07, 6.45) is 1.26. The van der Waals surface area contributed by atoms with Gasteiger partial charge in [-0.1, -0.05) is 42.5 Å². The Morgan fingerprint density at radius 1 is 1.03 bits per heavy atom. The van der Waals surface area contributed by atoms with E-state index < -0.39 is 5.54 Å². The first kappa shape index (κ1) is 20.9. The standard InChI is InChI=1S/C23H29N3O3/c1-4-25(16-19-8-6-5-7-9-19)17-26-21(27)23(2,24-22(26)28)15-14-18-10-12-20(29-3)13-11-18/h5-13H,4,14-17H2,1-3H3,(H,24,28)/p+1/t23-/m1/s1. The smallest absolute Gasteiger partial charge is 0.329 e. The first-order chi connectivity index (χ1) is 13.9. The van der Waals surface area contributed by atoms with Crippen molar-refractivity contribution in [2.24, 2.45) is 0 Å². The zero-order valence-corrected chi connectivity index (χ0v) is 17.4. The highest BCUT2D eigenvalue weighted by Gasteiger charge is 2.48. The normalized spacial score (nSPS) is 19.9. The third-order valence-electron chi connectivity index (χ3n) is 5.60. The predicted molar refractivity (Wildman–Crippen MR) is 112 cm³/mol. The first-order valence-electron chi connectivity index (χ1n) is 10.1. The molecule has 2 aromatic carbocycles. The van der Waals surface area contributed by atoms with Crippen molar-refractivity contribution in [1.29, 1.82) is 0 Å². The molecule has 3 rings (SSSR count). The predicted octanol–water partition coefficient (Wildman–Crippen LogP) is 2.00. The second-order valence-corrected chi connectivity index (χ2v) is 7.77. The highest BCUT2D eigenvalue weighted by atomic mass is 16.5. The molecule has 0 aromatic heterocycles. The number of aryl methyl sites for hydroxylation is 1. The fraction of sp³-hybridized carbons (Fsp3) is 0.391. The van der Waals surface area contributed by atoms with E-state index in [0.717, 1.165) is 24.4 Å². The van der Waals surface area contributed by atoms with Crippen molar-refractivity contribution >= 4 is 11.9 Å². The van der Waals surface area contributed by atoms with Crippen molar-refractivity contribution in [2.45, 2.75) is 38.8 Å². The fourth-order valence-corrected chi connectivity index (χ4v) is 3.65. The van der Waals surface area contributed by atoms with E-state index in [-0.39, 0.29) is 11.9 Å².